The lowest BCUT2D eigenvalue weighted by Gasteiger charge is -2.23. The van der Waals surface area contributed by atoms with Gasteiger partial charge < -0.3 is 9.32 Å². The Morgan fingerprint density at radius 2 is 2.26 bits per heavy atom. The Labute approximate surface area is 136 Å². The van der Waals surface area contributed by atoms with E-state index >= 15 is 0 Å². The molecule has 1 saturated carbocycles. The Hall–Kier alpha value is -2.04. The van der Waals surface area contributed by atoms with E-state index in [2.05, 4.69) is 18.9 Å². The molecule has 2 fully saturated rings. The number of rotatable bonds is 3. The molecule has 2 aromatic heterocycles. The Kier molecular flexibility index (Phi) is 3.32. The number of carbonyl (C=O) groups excluding carboxylic acids is 1. The standard InChI is InChI=1S/C18H23N3O2/c1-18(2)12-21(15-6-3-5-14(15)18)17(22)16-8-7-13(23-16)11-20-10-4-9-19-20/h4,7-10,14-15H,3,5-6,11-12H2,1-2H3/t14-,15+/m0/s1. The third-order valence-electron chi connectivity index (χ3n) is 5.47. The second kappa shape index (κ2) is 5.25. The van der Waals surface area contributed by atoms with E-state index in [4.69, 9.17) is 4.42 Å². The molecule has 1 aliphatic heterocycles. The first-order chi connectivity index (χ1) is 11.0. The van der Waals surface area contributed by atoms with Crippen molar-refractivity contribution in [1.82, 2.24) is 14.7 Å². The molecule has 0 aromatic carbocycles. The fourth-order valence-corrected chi connectivity index (χ4v) is 4.39. The zero-order valence-corrected chi connectivity index (χ0v) is 13.7. The van der Waals surface area contributed by atoms with Gasteiger partial charge in [0.25, 0.3) is 5.91 Å². The first-order valence-electron chi connectivity index (χ1n) is 8.42. The Bertz CT molecular complexity index is 702. The second-order valence-corrected chi connectivity index (χ2v) is 7.50. The molecule has 3 heterocycles. The van der Waals surface area contributed by atoms with E-state index in [0.29, 0.717) is 24.3 Å². The number of amides is 1. The zero-order valence-electron chi connectivity index (χ0n) is 13.7. The molecule has 122 valence electrons. The summed E-state index contributed by atoms with van der Waals surface area (Å²) in [4.78, 5) is 15.0. The van der Waals surface area contributed by atoms with Crippen molar-refractivity contribution < 1.29 is 9.21 Å². The predicted octanol–water partition coefficient (Wildman–Crippen LogP) is 3.18. The van der Waals surface area contributed by atoms with E-state index < -0.39 is 0 Å². The summed E-state index contributed by atoms with van der Waals surface area (Å²) in [5.74, 6) is 1.89. The maximum absolute atomic E-state index is 12.9. The van der Waals surface area contributed by atoms with Gasteiger partial charge in [-0.2, -0.15) is 5.10 Å². The zero-order chi connectivity index (χ0) is 16.0. The number of hydrogen-bond donors (Lipinski definition) is 0. The van der Waals surface area contributed by atoms with Crippen LogP contribution in [-0.2, 0) is 6.54 Å². The summed E-state index contributed by atoms with van der Waals surface area (Å²) in [6.07, 6.45) is 7.22. The van der Waals surface area contributed by atoms with Crippen LogP contribution in [0.3, 0.4) is 0 Å². The van der Waals surface area contributed by atoms with Crippen molar-refractivity contribution in [2.45, 2.75) is 45.7 Å². The van der Waals surface area contributed by atoms with Crippen molar-refractivity contribution in [3.8, 4) is 0 Å². The molecule has 0 radical (unpaired) electrons. The molecule has 0 unspecified atom stereocenters. The lowest BCUT2D eigenvalue weighted by molar-refractivity contribution is 0.0687. The van der Waals surface area contributed by atoms with Crippen LogP contribution in [0.5, 0.6) is 0 Å². The molecule has 0 bridgehead atoms. The summed E-state index contributed by atoms with van der Waals surface area (Å²) in [7, 11) is 0. The van der Waals surface area contributed by atoms with Crippen molar-refractivity contribution in [2.75, 3.05) is 6.54 Å². The summed E-state index contributed by atoms with van der Waals surface area (Å²) in [6, 6.07) is 5.94. The molecule has 0 spiro atoms. The van der Waals surface area contributed by atoms with Crippen molar-refractivity contribution in [3.63, 3.8) is 0 Å². The van der Waals surface area contributed by atoms with Gasteiger partial charge in [-0.1, -0.05) is 20.3 Å². The van der Waals surface area contributed by atoms with Gasteiger partial charge in [-0.15, -0.1) is 0 Å². The van der Waals surface area contributed by atoms with Crippen molar-refractivity contribution in [2.24, 2.45) is 11.3 Å². The molecular formula is C18H23N3O2. The normalized spacial score (nSPS) is 25.7. The lowest BCUT2D eigenvalue weighted by Crippen LogP contribution is -2.36. The minimum Gasteiger partial charge on any atom is -0.454 e. The quantitative estimate of drug-likeness (QED) is 0.874. The number of fused-ring (bicyclic) bond motifs is 1. The Balaban J connectivity index is 1.52. The van der Waals surface area contributed by atoms with Gasteiger partial charge in [0, 0.05) is 25.0 Å². The average molecular weight is 313 g/mol. The third-order valence-corrected chi connectivity index (χ3v) is 5.47. The Morgan fingerprint density at radius 1 is 1.39 bits per heavy atom. The van der Waals surface area contributed by atoms with Gasteiger partial charge >= 0.3 is 0 Å². The van der Waals surface area contributed by atoms with Crippen LogP contribution >= 0.6 is 0 Å². The molecule has 2 aromatic rings. The first-order valence-corrected chi connectivity index (χ1v) is 8.42. The number of nitrogens with zero attached hydrogens (tertiary/aromatic N) is 3. The van der Waals surface area contributed by atoms with Crippen molar-refractivity contribution in [1.29, 1.82) is 0 Å². The predicted molar refractivity (Wildman–Crippen MR) is 86.0 cm³/mol. The SMILES string of the molecule is CC1(C)CN(C(=O)c2ccc(Cn3cccn3)o2)[C@@H]2CCC[C@@H]21. The van der Waals surface area contributed by atoms with Crippen molar-refractivity contribution in [3.05, 3.63) is 42.1 Å². The summed E-state index contributed by atoms with van der Waals surface area (Å²) in [5, 5.41) is 4.17. The van der Waals surface area contributed by atoms with Crippen LogP contribution in [0.15, 0.2) is 35.0 Å². The van der Waals surface area contributed by atoms with E-state index in [1.54, 1.807) is 16.9 Å². The van der Waals surface area contributed by atoms with E-state index in [9.17, 15) is 4.79 Å². The third kappa shape index (κ3) is 2.48. The van der Waals surface area contributed by atoms with Crippen LogP contribution in [0.25, 0.3) is 0 Å². The first kappa shape index (κ1) is 14.5. The number of furan rings is 1. The smallest absolute Gasteiger partial charge is 0.289 e. The highest BCUT2D eigenvalue weighted by molar-refractivity contribution is 5.92. The Morgan fingerprint density at radius 3 is 3.04 bits per heavy atom. The molecule has 0 N–H and O–H groups in total. The monoisotopic (exact) mass is 313 g/mol. The van der Waals surface area contributed by atoms with Crippen LogP contribution in [-0.4, -0.2) is 33.2 Å². The summed E-state index contributed by atoms with van der Waals surface area (Å²) in [5.41, 5.74) is 0.210. The molecule has 2 aliphatic rings. The molecular weight excluding hydrogens is 290 g/mol. The van der Waals surface area contributed by atoms with Gasteiger partial charge in [0.2, 0.25) is 0 Å². The summed E-state index contributed by atoms with van der Waals surface area (Å²) < 4.78 is 7.59. The largest absolute Gasteiger partial charge is 0.454 e. The number of likely N-dealkylation sites (tertiary alicyclic amines) is 1. The lowest BCUT2D eigenvalue weighted by atomic mass is 9.80. The summed E-state index contributed by atoms with van der Waals surface area (Å²) >= 11 is 0. The molecule has 1 aliphatic carbocycles. The highest BCUT2D eigenvalue weighted by Gasteiger charge is 2.50. The van der Waals surface area contributed by atoms with Gasteiger partial charge in [-0.05, 0) is 42.4 Å². The van der Waals surface area contributed by atoms with E-state index in [0.717, 1.165) is 18.7 Å². The number of carbonyl (C=O) groups is 1. The van der Waals surface area contributed by atoms with Gasteiger partial charge in [-0.3, -0.25) is 9.48 Å². The van der Waals surface area contributed by atoms with Gasteiger partial charge in [-0.25, -0.2) is 0 Å². The summed E-state index contributed by atoms with van der Waals surface area (Å²) in [6.45, 7) is 5.96. The highest BCUT2D eigenvalue weighted by Crippen LogP contribution is 2.48. The minimum atomic E-state index is 0.0409. The maximum Gasteiger partial charge on any atom is 0.289 e. The average Bonchev–Trinajstić information content (AvgIpc) is 3.26. The van der Waals surface area contributed by atoms with Crippen LogP contribution in [0.2, 0.25) is 0 Å². The second-order valence-electron chi connectivity index (χ2n) is 7.50. The van der Waals surface area contributed by atoms with Gasteiger partial charge in [0.15, 0.2) is 5.76 Å². The fourth-order valence-electron chi connectivity index (χ4n) is 4.39. The molecule has 5 nitrogen and oxygen atoms in total. The van der Waals surface area contributed by atoms with Gasteiger partial charge in [0.1, 0.15) is 5.76 Å². The number of hydrogen-bond acceptors (Lipinski definition) is 3. The number of aromatic nitrogens is 2. The van der Waals surface area contributed by atoms with Crippen molar-refractivity contribution >= 4 is 5.91 Å². The van der Waals surface area contributed by atoms with Crippen LogP contribution in [0.4, 0.5) is 0 Å². The molecule has 23 heavy (non-hydrogen) atoms. The molecule has 5 heteroatoms. The molecule has 1 amide bonds. The minimum absolute atomic E-state index is 0.0409. The van der Waals surface area contributed by atoms with Crippen LogP contribution in [0.1, 0.15) is 49.4 Å². The van der Waals surface area contributed by atoms with E-state index in [-0.39, 0.29) is 11.3 Å². The van der Waals surface area contributed by atoms with E-state index in [1.165, 1.54) is 12.8 Å². The van der Waals surface area contributed by atoms with Gasteiger partial charge in [0.05, 0.1) is 6.54 Å². The molecule has 2 atom stereocenters. The molecule has 1 saturated heterocycles. The topological polar surface area (TPSA) is 51.3 Å². The molecule has 4 rings (SSSR count). The van der Waals surface area contributed by atoms with E-state index in [1.807, 2.05) is 23.2 Å². The fraction of sp³-hybridized carbons (Fsp3) is 0.556. The highest BCUT2D eigenvalue weighted by atomic mass is 16.4. The van der Waals surface area contributed by atoms with Crippen LogP contribution in [0, 0.1) is 11.3 Å². The maximum atomic E-state index is 12.9. The van der Waals surface area contributed by atoms with Crippen LogP contribution < -0.4 is 0 Å².